The molecule has 118 valence electrons. The average Bonchev–Trinajstić information content (AvgIpc) is 2.75. The minimum Gasteiger partial charge on any atom is -0.328 e. The molecule has 1 heterocycles. The lowest BCUT2D eigenvalue weighted by atomic mass is 10.1. The summed E-state index contributed by atoms with van der Waals surface area (Å²) in [6.45, 7) is 5.25. The Hall–Kier alpha value is -1.88. The molecular formula is C16H19ClN2O3. The number of hydrogen-bond donors (Lipinski definition) is 0. The van der Waals surface area contributed by atoms with E-state index >= 15 is 0 Å². The zero-order valence-electron chi connectivity index (χ0n) is 12.9. The molecule has 0 radical (unpaired) electrons. The second-order valence-electron chi connectivity index (χ2n) is 5.45. The number of imide groups is 1. The first-order chi connectivity index (χ1) is 10.4. The molecule has 2 rings (SSSR count). The Morgan fingerprint density at radius 3 is 2.45 bits per heavy atom. The predicted octanol–water partition coefficient (Wildman–Crippen LogP) is 2.62. The van der Waals surface area contributed by atoms with Crippen molar-refractivity contribution in [2.24, 2.45) is 0 Å². The number of benzene rings is 1. The predicted molar refractivity (Wildman–Crippen MR) is 84.6 cm³/mol. The van der Waals surface area contributed by atoms with E-state index in [9.17, 15) is 14.4 Å². The third kappa shape index (κ3) is 2.99. The fourth-order valence-corrected chi connectivity index (χ4v) is 2.85. The quantitative estimate of drug-likeness (QED) is 0.801. The van der Waals surface area contributed by atoms with Crippen LogP contribution in [0.1, 0.15) is 33.6 Å². The Balaban J connectivity index is 2.31. The molecule has 0 saturated carbocycles. The van der Waals surface area contributed by atoms with Crippen molar-refractivity contribution < 1.29 is 14.4 Å². The number of hydrogen-bond acceptors (Lipinski definition) is 3. The number of carbonyl (C=O) groups is 3. The number of rotatable bonds is 4. The number of halogens is 1. The molecule has 1 saturated heterocycles. The van der Waals surface area contributed by atoms with Crippen molar-refractivity contribution in [2.75, 3.05) is 4.90 Å². The van der Waals surface area contributed by atoms with Crippen LogP contribution in [0.4, 0.5) is 5.69 Å². The molecule has 0 bridgehead atoms. The van der Waals surface area contributed by atoms with Gasteiger partial charge in [-0.3, -0.25) is 14.4 Å². The van der Waals surface area contributed by atoms with Gasteiger partial charge in [0.05, 0.1) is 12.1 Å². The van der Waals surface area contributed by atoms with Gasteiger partial charge >= 0.3 is 0 Å². The van der Waals surface area contributed by atoms with Crippen LogP contribution in [0.5, 0.6) is 0 Å². The van der Waals surface area contributed by atoms with Crippen LogP contribution in [0.15, 0.2) is 24.3 Å². The normalized spacial score (nSPS) is 19.5. The maximum atomic E-state index is 12.6. The zero-order valence-corrected chi connectivity index (χ0v) is 13.6. The molecule has 1 aromatic carbocycles. The van der Waals surface area contributed by atoms with E-state index in [0.29, 0.717) is 10.7 Å². The van der Waals surface area contributed by atoms with Gasteiger partial charge in [0.2, 0.25) is 11.8 Å². The smallest absolute Gasteiger partial charge is 0.257 e. The average molecular weight is 323 g/mol. The highest BCUT2D eigenvalue weighted by Crippen LogP contribution is 2.28. The van der Waals surface area contributed by atoms with Crippen molar-refractivity contribution in [1.29, 1.82) is 0 Å². The van der Waals surface area contributed by atoms with Gasteiger partial charge in [0.15, 0.2) is 0 Å². The van der Waals surface area contributed by atoms with Crippen LogP contribution in [0.2, 0.25) is 5.02 Å². The van der Waals surface area contributed by atoms with Crippen molar-refractivity contribution in [3.63, 3.8) is 0 Å². The lowest BCUT2D eigenvalue weighted by Gasteiger charge is -2.31. The first kappa shape index (κ1) is 16.5. The van der Waals surface area contributed by atoms with Crippen LogP contribution < -0.4 is 4.90 Å². The van der Waals surface area contributed by atoms with Crippen LogP contribution >= 0.6 is 11.6 Å². The lowest BCUT2D eigenvalue weighted by Crippen LogP contribution is -2.48. The van der Waals surface area contributed by atoms with E-state index in [1.54, 1.807) is 24.3 Å². The van der Waals surface area contributed by atoms with Gasteiger partial charge in [-0.05, 0) is 37.6 Å². The summed E-state index contributed by atoms with van der Waals surface area (Å²) in [6.07, 6.45) is 0.740. The van der Waals surface area contributed by atoms with Crippen LogP contribution in [0.25, 0.3) is 0 Å². The van der Waals surface area contributed by atoms with E-state index in [2.05, 4.69) is 0 Å². The van der Waals surface area contributed by atoms with Crippen molar-refractivity contribution in [2.45, 2.75) is 45.7 Å². The fourth-order valence-electron chi connectivity index (χ4n) is 2.73. The van der Waals surface area contributed by atoms with Gasteiger partial charge in [-0.2, -0.15) is 0 Å². The molecule has 1 aromatic rings. The number of nitrogens with zero attached hydrogens (tertiary/aromatic N) is 2. The molecule has 6 heteroatoms. The third-order valence-corrected chi connectivity index (χ3v) is 4.22. The van der Waals surface area contributed by atoms with Gasteiger partial charge in [-0.1, -0.05) is 18.5 Å². The largest absolute Gasteiger partial charge is 0.328 e. The molecule has 2 unspecified atom stereocenters. The summed E-state index contributed by atoms with van der Waals surface area (Å²) < 4.78 is 0. The van der Waals surface area contributed by atoms with Crippen molar-refractivity contribution in [1.82, 2.24) is 4.90 Å². The Bertz CT molecular complexity index is 600. The summed E-state index contributed by atoms with van der Waals surface area (Å²) in [5.41, 5.74) is 0.481. The molecule has 1 aliphatic heterocycles. The number of amides is 3. The summed E-state index contributed by atoms with van der Waals surface area (Å²) in [5, 5.41) is 0.532. The highest BCUT2D eigenvalue weighted by Gasteiger charge is 2.44. The highest BCUT2D eigenvalue weighted by atomic mass is 35.5. The van der Waals surface area contributed by atoms with Crippen LogP contribution in [0, 0.1) is 0 Å². The summed E-state index contributed by atoms with van der Waals surface area (Å²) in [4.78, 5) is 39.4. The summed E-state index contributed by atoms with van der Waals surface area (Å²) in [6, 6.07) is 5.69. The molecule has 2 atom stereocenters. The lowest BCUT2D eigenvalue weighted by molar-refractivity contribution is -0.138. The molecule has 1 aliphatic rings. The van der Waals surface area contributed by atoms with Crippen molar-refractivity contribution in [3.05, 3.63) is 29.3 Å². The molecule has 3 amide bonds. The second kappa shape index (κ2) is 6.48. The number of carbonyl (C=O) groups excluding carboxylic acids is 3. The van der Waals surface area contributed by atoms with Gasteiger partial charge in [0.1, 0.15) is 6.04 Å². The van der Waals surface area contributed by atoms with Gasteiger partial charge in [-0.25, -0.2) is 4.90 Å². The van der Waals surface area contributed by atoms with Crippen LogP contribution in [-0.2, 0) is 14.4 Å². The summed E-state index contributed by atoms with van der Waals surface area (Å²) in [7, 11) is 0. The molecule has 0 spiro atoms. The molecule has 0 aliphatic carbocycles. The van der Waals surface area contributed by atoms with E-state index in [0.717, 1.165) is 11.3 Å². The fraction of sp³-hybridized carbons (Fsp3) is 0.438. The Morgan fingerprint density at radius 2 is 1.95 bits per heavy atom. The van der Waals surface area contributed by atoms with E-state index in [-0.39, 0.29) is 30.2 Å². The molecule has 1 fully saturated rings. The first-order valence-corrected chi connectivity index (χ1v) is 7.65. The van der Waals surface area contributed by atoms with Crippen LogP contribution in [-0.4, -0.2) is 34.7 Å². The Morgan fingerprint density at radius 1 is 1.36 bits per heavy atom. The molecule has 5 nitrogen and oxygen atoms in total. The van der Waals surface area contributed by atoms with Gasteiger partial charge in [0.25, 0.3) is 5.91 Å². The van der Waals surface area contributed by atoms with E-state index in [4.69, 9.17) is 11.6 Å². The highest BCUT2D eigenvalue weighted by molar-refractivity contribution is 6.30. The van der Waals surface area contributed by atoms with Crippen molar-refractivity contribution >= 4 is 35.0 Å². The molecule has 22 heavy (non-hydrogen) atoms. The summed E-state index contributed by atoms with van der Waals surface area (Å²) >= 11 is 5.83. The summed E-state index contributed by atoms with van der Waals surface area (Å²) in [5.74, 6) is -0.854. The monoisotopic (exact) mass is 322 g/mol. The first-order valence-electron chi connectivity index (χ1n) is 7.28. The number of anilines is 1. The molecular weight excluding hydrogens is 304 g/mol. The van der Waals surface area contributed by atoms with Gasteiger partial charge < -0.3 is 4.90 Å². The van der Waals surface area contributed by atoms with E-state index in [1.807, 2.05) is 13.8 Å². The molecule has 0 N–H and O–H groups in total. The standard InChI is InChI=1S/C16H19ClN2O3/c1-4-10(2)18(11(3)20)14-9-15(21)19(16(14)22)13-7-5-12(17)6-8-13/h5-8,10,14H,4,9H2,1-3H3. The van der Waals surface area contributed by atoms with Gasteiger partial charge in [0, 0.05) is 18.0 Å². The minimum atomic E-state index is -0.726. The maximum Gasteiger partial charge on any atom is 0.257 e. The van der Waals surface area contributed by atoms with Crippen LogP contribution in [0.3, 0.4) is 0 Å². The Labute approximate surface area is 134 Å². The minimum absolute atomic E-state index is 0.0192. The Kier molecular flexibility index (Phi) is 4.86. The van der Waals surface area contributed by atoms with Crippen molar-refractivity contribution in [3.8, 4) is 0 Å². The third-order valence-electron chi connectivity index (χ3n) is 3.97. The maximum absolute atomic E-state index is 12.6. The van der Waals surface area contributed by atoms with E-state index < -0.39 is 6.04 Å². The SMILES string of the molecule is CCC(C)N(C(C)=O)C1CC(=O)N(c2ccc(Cl)cc2)C1=O. The molecule has 0 aromatic heterocycles. The zero-order chi connectivity index (χ0) is 16.4. The topological polar surface area (TPSA) is 57.7 Å². The van der Waals surface area contributed by atoms with E-state index in [1.165, 1.54) is 11.8 Å². The second-order valence-corrected chi connectivity index (χ2v) is 5.88. The van der Waals surface area contributed by atoms with Gasteiger partial charge in [-0.15, -0.1) is 0 Å².